The monoisotopic (exact) mass is 299 g/mol. The van der Waals surface area contributed by atoms with Gasteiger partial charge < -0.3 is 4.74 Å². The van der Waals surface area contributed by atoms with Gasteiger partial charge in [0.25, 0.3) is 5.69 Å². The van der Waals surface area contributed by atoms with Crippen molar-refractivity contribution in [2.45, 2.75) is 19.7 Å². The molecule has 0 aliphatic heterocycles. The van der Waals surface area contributed by atoms with E-state index in [1.54, 1.807) is 0 Å². The van der Waals surface area contributed by atoms with E-state index in [0.717, 1.165) is 0 Å². The van der Waals surface area contributed by atoms with E-state index in [1.807, 2.05) is 0 Å². The summed E-state index contributed by atoms with van der Waals surface area (Å²) in [5, 5.41) is 10.7. The Morgan fingerprint density at radius 3 is 2.25 bits per heavy atom. The fourth-order valence-electron chi connectivity index (χ4n) is 1.51. The number of Topliss-reactive ketones (excluding diaryl/α,β-unsaturated/α-hetero) is 1. The molecule has 0 aromatic heterocycles. The summed E-state index contributed by atoms with van der Waals surface area (Å²) in [7, 11) is 0. The van der Waals surface area contributed by atoms with Crippen molar-refractivity contribution in [2.24, 2.45) is 0 Å². The zero-order valence-corrected chi connectivity index (χ0v) is 9.70. The van der Waals surface area contributed by atoms with Gasteiger partial charge in [-0.25, -0.2) is 0 Å². The number of carbonyl (C=O) groups is 1. The number of nitrogens with zero attached hydrogens (tertiary/aromatic N) is 1. The van der Waals surface area contributed by atoms with Crippen molar-refractivity contribution < 1.29 is 36.4 Å². The molecule has 0 aliphatic carbocycles. The average Bonchev–Trinajstić information content (AvgIpc) is 2.25. The summed E-state index contributed by atoms with van der Waals surface area (Å²) < 4.78 is 66.0. The van der Waals surface area contributed by atoms with E-state index in [0.29, 0.717) is 13.0 Å². The molecule has 0 atom stereocenters. The van der Waals surface area contributed by atoms with E-state index in [2.05, 4.69) is 4.74 Å². The lowest BCUT2D eigenvalue weighted by atomic mass is 10.0. The number of nitro benzene ring substituents is 1. The molecule has 1 aromatic carbocycles. The number of ether oxygens (including phenoxy) is 1. The van der Waals surface area contributed by atoms with Gasteiger partial charge in [-0.15, -0.1) is 0 Å². The van der Waals surface area contributed by atoms with Gasteiger partial charge in [0.1, 0.15) is 11.3 Å². The van der Waals surface area contributed by atoms with Crippen molar-refractivity contribution in [3.8, 4) is 5.75 Å². The molecule has 20 heavy (non-hydrogen) atoms. The van der Waals surface area contributed by atoms with Crippen LogP contribution in [0.5, 0.6) is 5.75 Å². The summed E-state index contributed by atoms with van der Waals surface area (Å²) in [4.78, 5) is 20.6. The molecule has 0 N–H and O–H groups in total. The largest absolute Gasteiger partial charge is 0.435 e. The summed E-state index contributed by atoms with van der Waals surface area (Å²) in [5.41, 5.74) is -4.15. The third kappa shape index (κ3) is 3.39. The molecule has 1 rings (SSSR count). The van der Waals surface area contributed by atoms with Crippen LogP contribution in [0.25, 0.3) is 0 Å². The molecule has 110 valence electrons. The fraction of sp³-hybridized carbons (Fsp3) is 0.300. The van der Waals surface area contributed by atoms with E-state index in [9.17, 15) is 36.9 Å². The Hall–Kier alpha value is -2.26. The summed E-state index contributed by atoms with van der Waals surface area (Å²) >= 11 is 0. The van der Waals surface area contributed by atoms with Gasteiger partial charge in [-0.1, -0.05) is 0 Å². The molecular formula is C10H6F5NO4. The van der Waals surface area contributed by atoms with Crippen LogP contribution in [0.15, 0.2) is 12.1 Å². The third-order valence-electron chi connectivity index (χ3n) is 2.17. The molecule has 0 fully saturated rings. The molecule has 0 heterocycles. The van der Waals surface area contributed by atoms with E-state index in [4.69, 9.17) is 0 Å². The lowest BCUT2D eigenvalue weighted by Crippen LogP contribution is -2.15. The van der Waals surface area contributed by atoms with Crippen LogP contribution in [0.1, 0.15) is 22.8 Å². The number of hydrogen-bond donors (Lipinski definition) is 0. The predicted octanol–water partition coefficient (Wildman–Crippen LogP) is 3.42. The SMILES string of the molecule is CC(=O)c1c([N+](=O)[O-])cc(OC(F)F)cc1C(F)(F)F. The molecular weight excluding hydrogens is 293 g/mol. The number of nitro groups is 1. The average molecular weight is 299 g/mol. The van der Waals surface area contributed by atoms with Crippen LogP contribution in [-0.2, 0) is 6.18 Å². The van der Waals surface area contributed by atoms with Crippen molar-refractivity contribution in [1.29, 1.82) is 0 Å². The minimum absolute atomic E-state index is 0.121. The van der Waals surface area contributed by atoms with Gasteiger partial charge >= 0.3 is 12.8 Å². The second kappa shape index (κ2) is 5.39. The maximum Gasteiger partial charge on any atom is 0.417 e. The Morgan fingerprint density at radius 1 is 1.35 bits per heavy atom. The molecule has 10 heteroatoms. The molecule has 0 aliphatic rings. The highest BCUT2D eigenvalue weighted by molar-refractivity contribution is 6.00. The van der Waals surface area contributed by atoms with Crippen molar-refractivity contribution in [2.75, 3.05) is 0 Å². The summed E-state index contributed by atoms with van der Waals surface area (Å²) in [5.74, 6) is -2.27. The zero-order valence-electron chi connectivity index (χ0n) is 9.70. The Kier molecular flexibility index (Phi) is 4.26. The molecule has 0 amide bonds. The van der Waals surface area contributed by atoms with Gasteiger partial charge in [-0.2, -0.15) is 22.0 Å². The number of ketones is 1. The topological polar surface area (TPSA) is 69.4 Å². The smallest absolute Gasteiger partial charge is 0.417 e. The fourth-order valence-corrected chi connectivity index (χ4v) is 1.51. The normalized spacial score (nSPS) is 11.6. The number of hydrogen-bond acceptors (Lipinski definition) is 4. The Balaban J connectivity index is 3.64. The molecule has 0 spiro atoms. The second-order valence-corrected chi connectivity index (χ2v) is 3.55. The van der Waals surface area contributed by atoms with E-state index >= 15 is 0 Å². The standard InChI is InChI=1S/C10H6F5NO4/c1-4(17)8-6(10(13,14)15)2-5(20-9(11)12)3-7(8)16(18)19/h2-3,9H,1H3. The van der Waals surface area contributed by atoms with Crippen molar-refractivity contribution >= 4 is 11.5 Å². The Morgan fingerprint density at radius 2 is 1.90 bits per heavy atom. The van der Waals surface area contributed by atoms with Gasteiger partial charge in [0.15, 0.2) is 5.78 Å². The molecule has 0 bridgehead atoms. The lowest BCUT2D eigenvalue weighted by Gasteiger charge is -2.13. The van der Waals surface area contributed by atoms with E-state index < -0.39 is 46.1 Å². The number of carbonyl (C=O) groups excluding carboxylic acids is 1. The highest BCUT2D eigenvalue weighted by atomic mass is 19.4. The minimum atomic E-state index is -5.13. The molecule has 5 nitrogen and oxygen atoms in total. The first-order valence-electron chi connectivity index (χ1n) is 4.89. The van der Waals surface area contributed by atoms with Gasteiger partial charge in [0, 0.05) is 0 Å². The van der Waals surface area contributed by atoms with Crippen LogP contribution >= 0.6 is 0 Å². The van der Waals surface area contributed by atoms with Crippen molar-refractivity contribution in [1.82, 2.24) is 0 Å². The maximum atomic E-state index is 12.8. The number of alkyl halides is 5. The van der Waals surface area contributed by atoms with Gasteiger partial charge in [-0.05, 0) is 13.0 Å². The summed E-state index contributed by atoms with van der Waals surface area (Å²) in [6.45, 7) is -2.76. The number of benzene rings is 1. The minimum Gasteiger partial charge on any atom is -0.435 e. The molecule has 0 radical (unpaired) electrons. The van der Waals surface area contributed by atoms with Crippen LogP contribution in [-0.4, -0.2) is 17.3 Å². The highest BCUT2D eigenvalue weighted by Gasteiger charge is 2.39. The van der Waals surface area contributed by atoms with Crippen LogP contribution in [0.2, 0.25) is 0 Å². The molecule has 1 aromatic rings. The van der Waals surface area contributed by atoms with Crippen LogP contribution in [0, 0.1) is 10.1 Å². The second-order valence-electron chi connectivity index (χ2n) is 3.55. The molecule has 0 saturated carbocycles. The predicted molar refractivity (Wildman–Crippen MR) is 54.7 cm³/mol. The first-order chi connectivity index (χ1) is 9.04. The Labute approximate surface area is 108 Å². The van der Waals surface area contributed by atoms with Gasteiger partial charge in [0.2, 0.25) is 0 Å². The van der Waals surface area contributed by atoms with E-state index in [1.165, 1.54) is 0 Å². The first kappa shape index (κ1) is 15.8. The van der Waals surface area contributed by atoms with Crippen molar-refractivity contribution in [3.05, 3.63) is 33.4 Å². The summed E-state index contributed by atoms with van der Waals surface area (Å²) in [6, 6.07) is 0.466. The maximum absolute atomic E-state index is 12.8. The summed E-state index contributed by atoms with van der Waals surface area (Å²) in [6.07, 6.45) is -5.13. The van der Waals surface area contributed by atoms with Crippen LogP contribution in [0.4, 0.5) is 27.6 Å². The lowest BCUT2D eigenvalue weighted by molar-refractivity contribution is -0.385. The number of halogens is 5. The van der Waals surface area contributed by atoms with Crippen molar-refractivity contribution in [3.63, 3.8) is 0 Å². The zero-order chi connectivity index (χ0) is 15.7. The first-order valence-corrected chi connectivity index (χ1v) is 4.89. The number of rotatable bonds is 4. The van der Waals surface area contributed by atoms with Crippen LogP contribution in [0.3, 0.4) is 0 Å². The quantitative estimate of drug-likeness (QED) is 0.370. The third-order valence-corrected chi connectivity index (χ3v) is 2.17. The van der Waals surface area contributed by atoms with E-state index in [-0.39, 0.29) is 6.07 Å². The van der Waals surface area contributed by atoms with Gasteiger partial charge in [0.05, 0.1) is 16.6 Å². The Bertz CT molecular complexity index is 555. The highest BCUT2D eigenvalue weighted by Crippen LogP contribution is 2.39. The molecule has 0 saturated heterocycles. The molecule has 0 unspecified atom stereocenters. The van der Waals surface area contributed by atoms with Gasteiger partial charge in [-0.3, -0.25) is 14.9 Å². The van der Waals surface area contributed by atoms with Crippen LogP contribution < -0.4 is 4.74 Å².